The number of rotatable bonds is 2. The van der Waals surface area contributed by atoms with Crippen molar-refractivity contribution in [2.75, 3.05) is 19.6 Å². The van der Waals surface area contributed by atoms with Crippen LogP contribution in [-0.2, 0) is 4.79 Å². The van der Waals surface area contributed by atoms with E-state index in [1.54, 1.807) is 11.8 Å². The van der Waals surface area contributed by atoms with Crippen molar-refractivity contribution in [2.45, 2.75) is 19.9 Å². The molecule has 0 radical (unpaired) electrons. The summed E-state index contributed by atoms with van der Waals surface area (Å²) in [6.07, 6.45) is 0. The zero-order chi connectivity index (χ0) is 20.0. The fraction of sp³-hybridized carbons (Fsp3) is 0.364. The number of hydrogen-bond acceptors (Lipinski definition) is 2. The minimum atomic E-state index is -0.563. The van der Waals surface area contributed by atoms with Crippen LogP contribution in [0.3, 0.4) is 0 Å². The standard InChI is InChI=1S/C22H22ClFN2O2/c1-13-5-3-4-6-17(13)21-19-12-25(10-15(19)11-26(21)14(2)27)22(28)18-9-16(23)7-8-20(18)24/h3-9,15,19,21H,10-12H2,1-2H3/t15-,19-,21-/m1/s1. The third-order valence-corrected chi connectivity index (χ3v) is 6.26. The zero-order valence-corrected chi connectivity index (χ0v) is 16.6. The summed E-state index contributed by atoms with van der Waals surface area (Å²) in [5, 5.41) is 0.338. The van der Waals surface area contributed by atoms with Crippen molar-refractivity contribution in [3.63, 3.8) is 0 Å². The number of carbonyl (C=O) groups excluding carboxylic acids is 2. The summed E-state index contributed by atoms with van der Waals surface area (Å²) in [7, 11) is 0. The number of likely N-dealkylation sites (tertiary alicyclic amines) is 2. The van der Waals surface area contributed by atoms with E-state index in [2.05, 4.69) is 6.07 Å². The minimum Gasteiger partial charge on any atom is -0.338 e. The molecule has 2 heterocycles. The van der Waals surface area contributed by atoms with Crippen LogP contribution in [-0.4, -0.2) is 41.2 Å². The topological polar surface area (TPSA) is 40.6 Å². The Balaban J connectivity index is 1.63. The monoisotopic (exact) mass is 400 g/mol. The maximum Gasteiger partial charge on any atom is 0.256 e. The van der Waals surface area contributed by atoms with E-state index in [4.69, 9.17) is 11.6 Å². The number of aryl methyl sites for hydroxylation is 1. The highest BCUT2D eigenvalue weighted by Gasteiger charge is 2.49. The van der Waals surface area contributed by atoms with Crippen LogP contribution < -0.4 is 0 Å². The van der Waals surface area contributed by atoms with Gasteiger partial charge in [0, 0.05) is 43.4 Å². The van der Waals surface area contributed by atoms with Crippen LogP contribution in [0, 0.1) is 24.6 Å². The molecule has 4 rings (SSSR count). The van der Waals surface area contributed by atoms with Gasteiger partial charge in [-0.3, -0.25) is 9.59 Å². The number of halogens is 2. The van der Waals surface area contributed by atoms with Gasteiger partial charge in [0.15, 0.2) is 0 Å². The van der Waals surface area contributed by atoms with E-state index in [1.807, 2.05) is 30.0 Å². The Labute approximate surface area is 168 Å². The summed E-state index contributed by atoms with van der Waals surface area (Å²) in [4.78, 5) is 28.8. The largest absolute Gasteiger partial charge is 0.338 e. The lowest BCUT2D eigenvalue weighted by Gasteiger charge is -2.30. The van der Waals surface area contributed by atoms with Gasteiger partial charge in [-0.25, -0.2) is 4.39 Å². The first kappa shape index (κ1) is 18.9. The van der Waals surface area contributed by atoms with Crippen LogP contribution in [0.2, 0.25) is 5.02 Å². The zero-order valence-electron chi connectivity index (χ0n) is 15.9. The fourth-order valence-corrected chi connectivity index (χ4v) is 4.86. The third-order valence-electron chi connectivity index (χ3n) is 6.02. The molecule has 2 aliphatic rings. The van der Waals surface area contributed by atoms with Gasteiger partial charge in [-0.1, -0.05) is 35.9 Å². The van der Waals surface area contributed by atoms with Gasteiger partial charge in [-0.2, -0.15) is 0 Å². The average Bonchev–Trinajstić information content (AvgIpc) is 3.22. The van der Waals surface area contributed by atoms with Gasteiger partial charge in [0.2, 0.25) is 5.91 Å². The number of amides is 2. The Morgan fingerprint density at radius 2 is 1.86 bits per heavy atom. The van der Waals surface area contributed by atoms with Crippen LogP contribution in [0.1, 0.15) is 34.5 Å². The van der Waals surface area contributed by atoms with Crippen molar-refractivity contribution in [3.05, 3.63) is 70.0 Å². The summed E-state index contributed by atoms with van der Waals surface area (Å²) in [6.45, 7) is 5.26. The number of benzene rings is 2. The molecule has 0 aromatic heterocycles. The van der Waals surface area contributed by atoms with Gasteiger partial charge >= 0.3 is 0 Å². The first-order chi connectivity index (χ1) is 13.4. The summed E-state index contributed by atoms with van der Waals surface area (Å²) in [5.41, 5.74) is 2.25. The molecule has 4 nitrogen and oxygen atoms in total. The van der Waals surface area contributed by atoms with E-state index < -0.39 is 5.82 Å². The highest BCUT2D eigenvalue weighted by atomic mass is 35.5. The van der Waals surface area contributed by atoms with Crippen LogP contribution in [0.25, 0.3) is 0 Å². The van der Waals surface area contributed by atoms with Crippen molar-refractivity contribution in [1.29, 1.82) is 0 Å². The Morgan fingerprint density at radius 1 is 1.11 bits per heavy atom. The second-order valence-corrected chi connectivity index (χ2v) is 8.17. The molecule has 0 N–H and O–H groups in total. The lowest BCUT2D eigenvalue weighted by Crippen LogP contribution is -2.37. The maximum atomic E-state index is 14.2. The Hall–Kier alpha value is -2.40. The molecular weight excluding hydrogens is 379 g/mol. The Morgan fingerprint density at radius 3 is 2.57 bits per heavy atom. The Bertz CT molecular complexity index is 948. The highest BCUT2D eigenvalue weighted by molar-refractivity contribution is 6.31. The first-order valence-electron chi connectivity index (χ1n) is 9.44. The lowest BCUT2D eigenvalue weighted by atomic mass is 9.87. The molecule has 0 aliphatic carbocycles. The van der Waals surface area contributed by atoms with Gasteiger partial charge < -0.3 is 9.80 Å². The molecule has 0 spiro atoms. The van der Waals surface area contributed by atoms with Gasteiger partial charge in [-0.05, 0) is 36.2 Å². The molecule has 146 valence electrons. The quantitative estimate of drug-likeness (QED) is 0.762. The highest BCUT2D eigenvalue weighted by Crippen LogP contribution is 2.46. The van der Waals surface area contributed by atoms with Crippen LogP contribution in [0.4, 0.5) is 4.39 Å². The minimum absolute atomic E-state index is 0.00309. The van der Waals surface area contributed by atoms with E-state index in [1.165, 1.54) is 18.2 Å². The molecular formula is C22H22ClFN2O2. The van der Waals surface area contributed by atoms with Gasteiger partial charge in [-0.15, -0.1) is 0 Å². The number of nitrogens with zero attached hydrogens (tertiary/aromatic N) is 2. The number of fused-ring (bicyclic) bond motifs is 1. The van der Waals surface area contributed by atoms with Crippen molar-refractivity contribution in [1.82, 2.24) is 9.80 Å². The SMILES string of the molecule is CC(=O)N1C[C@H]2CN(C(=O)c3cc(Cl)ccc3F)C[C@H]2[C@H]1c1ccccc1C. The van der Waals surface area contributed by atoms with E-state index >= 15 is 0 Å². The predicted octanol–water partition coefficient (Wildman–Crippen LogP) is 4.08. The van der Waals surface area contributed by atoms with Crippen LogP contribution in [0.15, 0.2) is 42.5 Å². The fourth-order valence-electron chi connectivity index (χ4n) is 4.68. The van der Waals surface area contributed by atoms with Gasteiger partial charge in [0.05, 0.1) is 11.6 Å². The van der Waals surface area contributed by atoms with E-state index in [-0.39, 0.29) is 35.3 Å². The van der Waals surface area contributed by atoms with Crippen molar-refractivity contribution >= 4 is 23.4 Å². The Kier molecular flexibility index (Phi) is 4.88. The molecule has 28 heavy (non-hydrogen) atoms. The number of hydrogen-bond donors (Lipinski definition) is 0. The summed E-state index contributed by atoms with van der Waals surface area (Å²) in [5.74, 6) is -0.545. The summed E-state index contributed by atoms with van der Waals surface area (Å²) < 4.78 is 14.2. The average molecular weight is 401 g/mol. The molecule has 2 aromatic carbocycles. The van der Waals surface area contributed by atoms with Crippen molar-refractivity contribution < 1.29 is 14.0 Å². The molecule has 2 aromatic rings. The summed E-state index contributed by atoms with van der Waals surface area (Å²) >= 11 is 5.96. The second kappa shape index (κ2) is 7.21. The summed E-state index contributed by atoms with van der Waals surface area (Å²) in [6, 6.07) is 12.0. The smallest absolute Gasteiger partial charge is 0.256 e. The molecule has 2 fully saturated rings. The maximum absolute atomic E-state index is 14.2. The molecule has 2 aliphatic heterocycles. The first-order valence-corrected chi connectivity index (χ1v) is 9.81. The normalized spacial score (nSPS) is 23.8. The van der Waals surface area contributed by atoms with E-state index in [9.17, 15) is 14.0 Å². The molecule has 0 bridgehead atoms. The van der Waals surface area contributed by atoms with Crippen molar-refractivity contribution in [3.8, 4) is 0 Å². The van der Waals surface area contributed by atoms with Gasteiger partial charge in [0.25, 0.3) is 5.91 Å². The van der Waals surface area contributed by atoms with Crippen molar-refractivity contribution in [2.24, 2.45) is 11.8 Å². The number of carbonyl (C=O) groups is 2. The van der Waals surface area contributed by atoms with Gasteiger partial charge in [0.1, 0.15) is 5.82 Å². The van der Waals surface area contributed by atoms with E-state index in [0.717, 1.165) is 11.1 Å². The predicted molar refractivity (Wildman–Crippen MR) is 106 cm³/mol. The molecule has 0 saturated carbocycles. The molecule has 3 atom stereocenters. The third kappa shape index (κ3) is 3.18. The molecule has 6 heteroatoms. The molecule has 2 amide bonds. The second-order valence-electron chi connectivity index (χ2n) is 7.73. The van der Waals surface area contributed by atoms with Crippen LogP contribution >= 0.6 is 11.6 Å². The molecule has 0 unspecified atom stereocenters. The molecule has 2 saturated heterocycles. The lowest BCUT2D eigenvalue weighted by molar-refractivity contribution is -0.130. The van der Waals surface area contributed by atoms with Crippen LogP contribution in [0.5, 0.6) is 0 Å². The van der Waals surface area contributed by atoms with E-state index in [0.29, 0.717) is 24.7 Å².